The Bertz CT molecular complexity index is 408. The standard InChI is InChI=1S/C15H23NO3/c1-3-18-11-8-9-15(19-4-2)13(10-11)16-12-6-5-7-14(12)17/h8-10,12,14,16-17H,3-7H2,1-2H3. The summed E-state index contributed by atoms with van der Waals surface area (Å²) in [7, 11) is 0. The molecule has 1 fully saturated rings. The van der Waals surface area contributed by atoms with Crippen LogP contribution in [0, 0.1) is 0 Å². The Balaban J connectivity index is 2.16. The minimum atomic E-state index is -0.273. The molecule has 0 radical (unpaired) electrons. The van der Waals surface area contributed by atoms with E-state index in [1.165, 1.54) is 0 Å². The number of hydrogen-bond acceptors (Lipinski definition) is 4. The second-order valence-corrected chi connectivity index (χ2v) is 4.77. The summed E-state index contributed by atoms with van der Waals surface area (Å²) in [6.07, 6.45) is 2.65. The number of benzene rings is 1. The highest BCUT2D eigenvalue weighted by Crippen LogP contribution is 2.32. The maximum Gasteiger partial charge on any atom is 0.142 e. The molecule has 0 aromatic heterocycles. The van der Waals surface area contributed by atoms with Crippen LogP contribution in [-0.4, -0.2) is 30.5 Å². The van der Waals surface area contributed by atoms with Crippen molar-refractivity contribution in [2.75, 3.05) is 18.5 Å². The van der Waals surface area contributed by atoms with Gasteiger partial charge in [0, 0.05) is 6.07 Å². The average Bonchev–Trinajstić information content (AvgIpc) is 2.79. The minimum Gasteiger partial charge on any atom is -0.494 e. The van der Waals surface area contributed by atoms with Gasteiger partial charge in [-0.2, -0.15) is 0 Å². The number of aliphatic hydroxyl groups excluding tert-OH is 1. The highest BCUT2D eigenvalue weighted by Gasteiger charge is 2.25. The minimum absolute atomic E-state index is 0.107. The molecule has 4 nitrogen and oxygen atoms in total. The molecule has 2 rings (SSSR count). The van der Waals surface area contributed by atoms with Crippen molar-refractivity contribution in [2.24, 2.45) is 0 Å². The first kappa shape index (κ1) is 14.0. The molecule has 1 aromatic rings. The second-order valence-electron chi connectivity index (χ2n) is 4.77. The van der Waals surface area contributed by atoms with E-state index in [-0.39, 0.29) is 12.1 Å². The lowest BCUT2D eigenvalue weighted by molar-refractivity contribution is 0.171. The summed E-state index contributed by atoms with van der Waals surface area (Å²) in [5, 5.41) is 13.3. The van der Waals surface area contributed by atoms with Crippen molar-refractivity contribution >= 4 is 5.69 Å². The zero-order chi connectivity index (χ0) is 13.7. The molecule has 1 aliphatic rings. The van der Waals surface area contributed by atoms with Gasteiger partial charge in [-0.1, -0.05) is 0 Å². The molecular weight excluding hydrogens is 242 g/mol. The van der Waals surface area contributed by atoms with Crippen LogP contribution in [0.15, 0.2) is 18.2 Å². The molecule has 0 amide bonds. The average molecular weight is 265 g/mol. The Labute approximate surface area is 114 Å². The first-order valence-corrected chi connectivity index (χ1v) is 7.08. The normalized spacial score (nSPS) is 22.3. The summed E-state index contributed by atoms with van der Waals surface area (Å²) in [5.74, 6) is 1.63. The van der Waals surface area contributed by atoms with E-state index in [2.05, 4.69) is 5.32 Å². The van der Waals surface area contributed by atoms with E-state index in [4.69, 9.17) is 9.47 Å². The zero-order valence-corrected chi connectivity index (χ0v) is 11.7. The highest BCUT2D eigenvalue weighted by molar-refractivity contribution is 5.60. The van der Waals surface area contributed by atoms with Crippen LogP contribution in [0.5, 0.6) is 11.5 Å². The van der Waals surface area contributed by atoms with Gasteiger partial charge in [0.1, 0.15) is 11.5 Å². The summed E-state index contributed by atoms with van der Waals surface area (Å²) >= 11 is 0. The van der Waals surface area contributed by atoms with Gasteiger partial charge in [0.2, 0.25) is 0 Å². The van der Waals surface area contributed by atoms with Crippen LogP contribution in [0.4, 0.5) is 5.69 Å². The lowest BCUT2D eigenvalue weighted by Gasteiger charge is -2.20. The fourth-order valence-electron chi connectivity index (χ4n) is 2.47. The van der Waals surface area contributed by atoms with E-state index >= 15 is 0 Å². The number of ether oxygens (including phenoxy) is 2. The quantitative estimate of drug-likeness (QED) is 0.830. The largest absolute Gasteiger partial charge is 0.494 e. The molecule has 0 bridgehead atoms. The molecule has 0 saturated heterocycles. The van der Waals surface area contributed by atoms with Gasteiger partial charge >= 0.3 is 0 Å². The molecule has 0 heterocycles. The Morgan fingerprint density at radius 1 is 1.21 bits per heavy atom. The van der Waals surface area contributed by atoms with E-state index in [0.717, 1.165) is 36.4 Å². The van der Waals surface area contributed by atoms with Crippen LogP contribution in [-0.2, 0) is 0 Å². The third-order valence-corrected chi connectivity index (χ3v) is 3.38. The van der Waals surface area contributed by atoms with E-state index < -0.39 is 0 Å². The molecule has 2 N–H and O–H groups in total. The third kappa shape index (κ3) is 3.53. The lowest BCUT2D eigenvalue weighted by Crippen LogP contribution is -2.28. The van der Waals surface area contributed by atoms with Crippen molar-refractivity contribution < 1.29 is 14.6 Å². The fraction of sp³-hybridized carbons (Fsp3) is 0.600. The Morgan fingerprint density at radius 3 is 2.63 bits per heavy atom. The molecule has 1 saturated carbocycles. The van der Waals surface area contributed by atoms with Gasteiger partial charge in [-0.15, -0.1) is 0 Å². The van der Waals surface area contributed by atoms with Crippen molar-refractivity contribution in [3.05, 3.63) is 18.2 Å². The Morgan fingerprint density at radius 2 is 2.00 bits per heavy atom. The number of anilines is 1. The van der Waals surface area contributed by atoms with Crippen molar-refractivity contribution in [2.45, 2.75) is 45.3 Å². The molecule has 0 aliphatic heterocycles. The van der Waals surface area contributed by atoms with E-state index in [1.807, 2.05) is 32.0 Å². The SMILES string of the molecule is CCOc1ccc(OCC)c(NC2CCCC2O)c1. The van der Waals surface area contributed by atoms with Gasteiger partial charge in [0.25, 0.3) is 0 Å². The van der Waals surface area contributed by atoms with Crippen LogP contribution >= 0.6 is 0 Å². The fourth-order valence-corrected chi connectivity index (χ4v) is 2.47. The van der Waals surface area contributed by atoms with E-state index in [9.17, 15) is 5.11 Å². The number of nitrogens with one attached hydrogen (secondary N) is 1. The lowest BCUT2D eigenvalue weighted by atomic mass is 10.2. The molecule has 2 atom stereocenters. The Hall–Kier alpha value is -1.42. The van der Waals surface area contributed by atoms with Crippen LogP contribution < -0.4 is 14.8 Å². The number of hydrogen-bond donors (Lipinski definition) is 2. The molecule has 19 heavy (non-hydrogen) atoms. The van der Waals surface area contributed by atoms with Gasteiger partial charge in [-0.3, -0.25) is 0 Å². The Kier molecular flexibility index (Phi) is 4.91. The predicted molar refractivity (Wildman–Crippen MR) is 76.0 cm³/mol. The molecule has 2 unspecified atom stereocenters. The highest BCUT2D eigenvalue weighted by atomic mass is 16.5. The molecule has 1 aliphatic carbocycles. The van der Waals surface area contributed by atoms with E-state index in [0.29, 0.717) is 13.2 Å². The van der Waals surface area contributed by atoms with Crippen molar-refractivity contribution in [1.82, 2.24) is 0 Å². The van der Waals surface area contributed by atoms with Gasteiger partial charge in [-0.25, -0.2) is 0 Å². The summed E-state index contributed by atoms with van der Waals surface area (Å²) in [6, 6.07) is 5.87. The summed E-state index contributed by atoms with van der Waals surface area (Å²) < 4.78 is 11.1. The van der Waals surface area contributed by atoms with Crippen LogP contribution in [0.1, 0.15) is 33.1 Å². The first-order chi connectivity index (χ1) is 9.24. The molecule has 1 aromatic carbocycles. The topological polar surface area (TPSA) is 50.7 Å². The maximum absolute atomic E-state index is 9.91. The molecule has 4 heteroatoms. The predicted octanol–water partition coefficient (Wildman–Crippen LogP) is 2.81. The van der Waals surface area contributed by atoms with Crippen LogP contribution in [0.3, 0.4) is 0 Å². The molecule has 106 valence electrons. The first-order valence-electron chi connectivity index (χ1n) is 7.08. The number of rotatable bonds is 6. The van der Waals surface area contributed by atoms with Gasteiger partial charge in [0.15, 0.2) is 0 Å². The van der Waals surface area contributed by atoms with Gasteiger partial charge in [0.05, 0.1) is 31.0 Å². The summed E-state index contributed by atoms with van der Waals surface area (Å²) in [5.41, 5.74) is 0.902. The third-order valence-electron chi connectivity index (χ3n) is 3.38. The zero-order valence-electron chi connectivity index (χ0n) is 11.7. The molecular formula is C15H23NO3. The van der Waals surface area contributed by atoms with Gasteiger partial charge < -0.3 is 19.9 Å². The van der Waals surface area contributed by atoms with Gasteiger partial charge in [-0.05, 0) is 45.2 Å². The van der Waals surface area contributed by atoms with Crippen LogP contribution in [0.25, 0.3) is 0 Å². The second kappa shape index (κ2) is 6.66. The number of aliphatic hydroxyl groups is 1. The molecule has 0 spiro atoms. The van der Waals surface area contributed by atoms with E-state index in [1.54, 1.807) is 0 Å². The van der Waals surface area contributed by atoms with Crippen molar-refractivity contribution in [3.8, 4) is 11.5 Å². The monoisotopic (exact) mass is 265 g/mol. The van der Waals surface area contributed by atoms with Crippen LogP contribution in [0.2, 0.25) is 0 Å². The summed E-state index contributed by atoms with van der Waals surface area (Å²) in [4.78, 5) is 0. The maximum atomic E-state index is 9.91. The van der Waals surface area contributed by atoms with Crippen molar-refractivity contribution in [1.29, 1.82) is 0 Å². The van der Waals surface area contributed by atoms with Crippen molar-refractivity contribution in [3.63, 3.8) is 0 Å². The summed E-state index contributed by atoms with van der Waals surface area (Å²) in [6.45, 7) is 5.18. The smallest absolute Gasteiger partial charge is 0.142 e.